The Labute approximate surface area is 165 Å². The molecule has 1 N–H and O–H groups in total. The summed E-state index contributed by atoms with van der Waals surface area (Å²) in [6.45, 7) is 7.01. The van der Waals surface area contributed by atoms with E-state index in [4.69, 9.17) is 0 Å². The van der Waals surface area contributed by atoms with Crippen LogP contribution in [0.4, 0.5) is 9.18 Å². The van der Waals surface area contributed by atoms with Crippen molar-refractivity contribution in [2.75, 3.05) is 19.6 Å². The molecule has 28 heavy (non-hydrogen) atoms. The Bertz CT molecular complexity index is 884. The summed E-state index contributed by atoms with van der Waals surface area (Å²) < 4.78 is 13.8. The molecule has 6 heteroatoms. The minimum absolute atomic E-state index is 0.000193. The molecule has 0 saturated carbocycles. The Kier molecular flexibility index (Phi) is 5.97. The Morgan fingerprint density at radius 3 is 2.64 bits per heavy atom. The van der Waals surface area contributed by atoms with Gasteiger partial charge in [-0.3, -0.25) is 4.79 Å². The molecule has 148 valence electrons. The SMILES string of the molecule is Cc1ccc(C)c(C(C)NC(=O)N2CCN(Cc3ccccc3F)C(=O)C2)c1. The molecule has 1 saturated heterocycles. The van der Waals surface area contributed by atoms with Gasteiger partial charge in [0.2, 0.25) is 5.91 Å². The van der Waals surface area contributed by atoms with Crippen LogP contribution in [0.2, 0.25) is 0 Å². The molecule has 1 atom stereocenters. The van der Waals surface area contributed by atoms with Crippen LogP contribution in [0.1, 0.15) is 35.2 Å². The maximum atomic E-state index is 13.8. The van der Waals surface area contributed by atoms with Gasteiger partial charge in [-0.2, -0.15) is 0 Å². The lowest BCUT2D eigenvalue weighted by atomic mass is 10.00. The number of hydrogen-bond donors (Lipinski definition) is 1. The van der Waals surface area contributed by atoms with Crippen LogP contribution in [0.3, 0.4) is 0 Å². The quantitative estimate of drug-likeness (QED) is 0.878. The Morgan fingerprint density at radius 1 is 1.18 bits per heavy atom. The summed E-state index contributed by atoms with van der Waals surface area (Å²) in [5.41, 5.74) is 3.80. The number of carbonyl (C=O) groups excluding carboxylic acids is 2. The molecule has 1 fully saturated rings. The van der Waals surface area contributed by atoms with E-state index in [1.165, 1.54) is 11.0 Å². The highest BCUT2D eigenvalue weighted by atomic mass is 19.1. The van der Waals surface area contributed by atoms with Crippen LogP contribution < -0.4 is 5.32 Å². The van der Waals surface area contributed by atoms with Crippen LogP contribution in [0.15, 0.2) is 42.5 Å². The maximum absolute atomic E-state index is 13.8. The molecule has 1 aliphatic rings. The predicted octanol–water partition coefficient (Wildman–Crippen LogP) is 3.56. The van der Waals surface area contributed by atoms with Crippen LogP contribution >= 0.6 is 0 Å². The number of nitrogens with one attached hydrogen (secondary N) is 1. The molecule has 1 heterocycles. The van der Waals surface area contributed by atoms with Crippen LogP contribution in [0, 0.1) is 19.7 Å². The fourth-order valence-corrected chi connectivity index (χ4v) is 3.46. The molecule has 2 aromatic carbocycles. The summed E-state index contributed by atoms with van der Waals surface area (Å²) in [5.74, 6) is -0.498. The molecule has 0 aliphatic carbocycles. The number of aryl methyl sites for hydroxylation is 2. The summed E-state index contributed by atoms with van der Waals surface area (Å²) >= 11 is 0. The molecular formula is C22H26FN3O2. The number of carbonyl (C=O) groups is 2. The monoisotopic (exact) mass is 383 g/mol. The van der Waals surface area contributed by atoms with Crippen LogP contribution in [0.5, 0.6) is 0 Å². The van der Waals surface area contributed by atoms with Crippen molar-refractivity contribution in [3.63, 3.8) is 0 Å². The first-order chi connectivity index (χ1) is 13.3. The van der Waals surface area contributed by atoms with Gasteiger partial charge in [0, 0.05) is 25.2 Å². The summed E-state index contributed by atoms with van der Waals surface area (Å²) in [4.78, 5) is 28.2. The van der Waals surface area contributed by atoms with E-state index >= 15 is 0 Å². The molecule has 0 spiro atoms. The van der Waals surface area contributed by atoms with E-state index in [1.807, 2.05) is 32.9 Å². The Balaban J connectivity index is 1.59. The van der Waals surface area contributed by atoms with Gasteiger partial charge in [-0.15, -0.1) is 0 Å². The van der Waals surface area contributed by atoms with Crippen LogP contribution in [-0.4, -0.2) is 41.4 Å². The Hall–Kier alpha value is -2.89. The fourth-order valence-electron chi connectivity index (χ4n) is 3.46. The minimum atomic E-state index is -0.321. The van der Waals surface area contributed by atoms with Crippen molar-refractivity contribution in [3.8, 4) is 0 Å². The first-order valence-corrected chi connectivity index (χ1v) is 9.49. The molecule has 0 aromatic heterocycles. The third kappa shape index (κ3) is 4.50. The molecule has 3 amide bonds. The maximum Gasteiger partial charge on any atom is 0.318 e. The third-order valence-electron chi connectivity index (χ3n) is 5.17. The Morgan fingerprint density at radius 2 is 1.93 bits per heavy atom. The van der Waals surface area contributed by atoms with Crippen molar-refractivity contribution in [1.29, 1.82) is 0 Å². The van der Waals surface area contributed by atoms with Crippen LogP contribution in [0.25, 0.3) is 0 Å². The van der Waals surface area contributed by atoms with E-state index in [0.29, 0.717) is 18.7 Å². The number of urea groups is 1. The van der Waals surface area contributed by atoms with Gasteiger partial charge in [0.1, 0.15) is 12.4 Å². The highest BCUT2D eigenvalue weighted by Gasteiger charge is 2.28. The summed E-state index contributed by atoms with van der Waals surface area (Å²) in [6, 6.07) is 12.2. The zero-order chi connectivity index (χ0) is 20.3. The normalized spacial score (nSPS) is 15.5. The lowest BCUT2D eigenvalue weighted by molar-refractivity contribution is -0.135. The average molecular weight is 383 g/mol. The first-order valence-electron chi connectivity index (χ1n) is 9.49. The van der Waals surface area contributed by atoms with E-state index in [1.54, 1.807) is 23.1 Å². The van der Waals surface area contributed by atoms with Crippen molar-refractivity contribution in [2.45, 2.75) is 33.4 Å². The average Bonchev–Trinajstić information content (AvgIpc) is 2.66. The second-order valence-electron chi connectivity index (χ2n) is 7.36. The zero-order valence-electron chi connectivity index (χ0n) is 16.5. The van der Waals surface area contributed by atoms with Gasteiger partial charge in [-0.1, -0.05) is 42.0 Å². The van der Waals surface area contributed by atoms with Crippen molar-refractivity contribution in [3.05, 3.63) is 70.5 Å². The van der Waals surface area contributed by atoms with E-state index in [2.05, 4.69) is 11.4 Å². The van der Waals surface area contributed by atoms with Crippen molar-refractivity contribution < 1.29 is 14.0 Å². The largest absolute Gasteiger partial charge is 0.335 e. The van der Waals surface area contributed by atoms with Gasteiger partial charge in [0.05, 0.1) is 6.04 Å². The highest BCUT2D eigenvalue weighted by Crippen LogP contribution is 2.19. The lowest BCUT2D eigenvalue weighted by Crippen LogP contribution is -2.54. The topological polar surface area (TPSA) is 52.7 Å². The van der Waals surface area contributed by atoms with Gasteiger partial charge < -0.3 is 15.1 Å². The van der Waals surface area contributed by atoms with Gasteiger partial charge in [0.15, 0.2) is 0 Å². The predicted molar refractivity (Wildman–Crippen MR) is 106 cm³/mol. The van der Waals surface area contributed by atoms with E-state index in [-0.39, 0.29) is 36.9 Å². The summed E-state index contributed by atoms with van der Waals surface area (Å²) in [6.07, 6.45) is 0. The van der Waals surface area contributed by atoms with Crippen molar-refractivity contribution in [2.24, 2.45) is 0 Å². The number of halogens is 1. The van der Waals surface area contributed by atoms with Gasteiger partial charge in [0.25, 0.3) is 0 Å². The molecule has 2 aromatic rings. The molecule has 0 radical (unpaired) electrons. The van der Waals surface area contributed by atoms with Gasteiger partial charge in [-0.25, -0.2) is 9.18 Å². The first kappa shape index (κ1) is 19.9. The minimum Gasteiger partial charge on any atom is -0.335 e. The smallest absolute Gasteiger partial charge is 0.318 e. The number of rotatable bonds is 4. The molecule has 1 unspecified atom stereocenters. The fraction of sp³-hybridized carbons (Fsp3) is 0.364. The number of amides is 3. The van der Waals surface area contributed by atoms with Crippen molar-refractivity contribution in [1.82, 2.24) is 15.1 Å². The molecule has 5 nitrogen and oxygen atoms in total. The molecule has 1 aliphatic heterocycles. The number of hydrogen-bond acceptors (Lipinski definition) is 2. The van der Waals surface area contributed by atoms with Gasteiger partial charge in [-0.05, 0) is 38.0 Å². The summed E-state index contributed by atoms with van der Waals surface area (Å²) in [5, 5.41) is 2.98. The zero-order valence-corrected chi connectivity index (χ0v) is 16.5. The number of benzene rings is 2. The van der Waals surface area contributed by atoms with Gasteiger partial charge >= 0.3 is 6.03 Å². The molecule has 0 bridgehead atoms. The number of piperazine rings is 1. The van der Waals surface area contributed by atoms with Crippen molar-refractivity contribution >= 4 is 11.9 Å². The van der Waals surface area contributed by atoms with E-state index < -0.39 is 0 Å². The second-order valence-corrected chi connectivity index (χ2v) is 7.36. The van der Waals surface area contributed by atoms with E-state index in [9.17, 15) is 14.0 Å². The third-order valence-corrected chi connectivity index (χ3v) is 5.17. The number of nitrogens with zero attached hydrogens (tertiary/aromatic N) is 2. The summed E-state index contributed by atoms with van der Waals surface area (Å²) in [7, 11) is 0. The lowest BCUT2D eigenvalue weighted by Gasteiger charge is -2.35. The van der Waals surface area contributed by atoms with Crippen LogP contribution in [-0.2, 0) is 11.3 Å². The molecular weight excluding hydrogens is 357 g/mol. The second kappa shape index (κ2) is 8.42. The van der Waals surface area contributed by atoms with E-state index in [0.717, 1.165) is 16.7 Å². The standard InChI is InChI=1S/C22H26FN3O2/c1-15-8-9-16(2)19(12-15)17(3)24-22(28)26-11-10-25(21(27)14-26)13-18-6-4-5-7-20(18)23/h4-9,12,17H,10-11,13-14H2,1-3H3,(H,24,28). The highest BCUT2D eigenvalue weighted by molar-refractivity contribution is 5.85. The molecule has 3 rings (SSSR count).